The van der Waals surface area contributed by atoms with E-state index in [1.807, 2.05) is 72.8 Å². The van der Waals surface area contributed by atoms with Gasteiger partial charge in [-0.2, -0.15) is 0 Å². The summed E-state index contributed by atoms with van der Waals surface area (Å²) in [7, 11) is -4.23. The molecule has 0 saturated heterocycles. The molecule has 0 unspecified atom stereocenters. The van der Waals surface area contributed by atoms with Gasteiger partial charge in [-0.25, -0.2) is 0 Å². The van der Waals surface area contributed by atoms with Crippen LogP contribution in [0.15, 0.2) is 364 Å². The van der Waals surface area contributed by atoms with Crippen molar-refractivity contribution in [2.45, 2.75) is 0 Å². The Morgan fingerprint density at radius 2 is 0.247 bits per heavy atom. The third kappa shape index (κ3) is 20.8. The summed E-state index contributed by atoms with van der Waals surface area (Å²) < 4.78 is 0. The van der Waals surface area contributed by atoms with Crippen molar-refractivity contribution in [1.82, 2.24) is 0 Å². The summed E-state index contributed by atoms with van der Waals surface area (Å²) in [4.78, 5) is 0. The Morgan fingerprint density at radius 1 is 0.141 bits per heavy atom. The van der Waals surface area contributed by atoms with E-state index in [9.17, 15) is 0 Å². The molecule has 12 aromatic carbocycles. The second-order valence-corrected chi connectivity index (χ2v) is 27.5. The minimum atomic E-state index is -1.06. The summed E-state index contributed by atoms with van der Waals surface area (Å²) >= 11 is 0. The van der Waals surface area contributed by atoms with Gasteiger partial charge in [-0.15, -0.1) is 0 Å². The Kier molecular flexibility index (Phi) is 26.5. The molecule has 0 bridgehead atoms. The van der Waals surface area contributed by atoms with E-state index in [0.29, 0.717) is 0 Å². The molecule has 0 N–H and O–H groups in total. The molecule has 0 aliphatic heterocycles. The molecule has 0 fully saturated rings. The molecule has 0 amide bonds. The first-order valence-electron chi connectivity index (χ1n) is 27.9. The fraction of sp³-hybridized carbons (Fsp3) is 0. The average Bonchev–Trinajstić information content (AvgIpc) is 3.59. The molecule has 0 aliphatic rings. The van der Waals surface area contributed by atoms with Crippen molar-refractivity contribution < 1.29 is 21.1 Å². The van der Waals surface area contributed by atoms with E-state index in [2.05, 4.69) is 338 Å². The number of hydrogen-bond acceptors (Lipinski definition) is 0. The molecular weight excluding hydrogens is 1280 g/mol. The summed E-state index contributed by atoms with van der Waals surface area (Å²) in [5, 5.41) is 10.6. The first kappa shape index (κ1) is 62.3. The van der Waals surface area contributed by atoms with Crippen LogP contribution in [0, 0.1) is 46.3 Å². The smallest absolute Gasteiger partial charge is 0.0622 e. The molecule has 0 atom stereocenters. The second kappa shape index (κ2) is 36.1. The van der Waals surface area contributed by atoms with Crippen molar-refractivity contribution >= 4 is 74.1 Å². The fourth-order valence-electron chi connectivity index (χ4n) is 8.71. The van der Waals surface area contributed by atoms with Gasteiger partial charge in [-0.1, -0.05) is 218 Å². The SMILES string of the molecule is C(#C[PH+](c1ccccc1)c1ccccc1)c1ccccc1.C(#C[PH+](c1ccccc1)c1ccccc1)c1ccccc1.C(#C[PH+](c1ccccc1)c1ccccc1)c1ccccc1.C(#C[PH+](c1ccccc1)c1ccccc1)c1ccccc1.[Pt]. The Bertz CT molecular complexity index is 3350. The maximum Gasteiger partial charge on any atom is 0.144 e. The topological polar surface area (TPSA) is 0 Å². The number of rotatable bonds is 8. The predicted octanol–water partition coefficient (Wildman–Crippen LogP) is 15.4. The van der Waals surface area contributed by atoms with Crippen LogP contribution in [-0.2, 0) is 21.1 Å². The Morgan fingerprint density at radius 3 is 0.365 bits per heavy atom. The first-order chi connectivity index (χ1) is 41.7. The number of hydrogen-bond donors (Lipinski definition) is 0. The fourth-order valence-corrected chi connectivity index (χ4v) is 16.5. The van der Waals surface area contributed by atoms with Crippen molar-refractivity contribution in [2.24, 2.45) is 0 Å². The maximum atomic E-state index is 3.52. The molecular formula is C80H64P4Pt+4. The molecule has 12 rings (SSSR count). The van der Waals surface area contributed by atoms with Crippen molar-refractivity contribution in [3.8, 4) is 46.3 Å². The summed E-state index contributed by atoms with van der Waals surface area (Å²) in [6, 6.07) is 126. The normalized spacial score (nSPS) is 9.84. The van der Waals surface area contributed by atoms with Crippen LogP contribution in [0.4, 0.5) is 0 Å². The number of benzene rings is 12. The molecule has 85 heavy (non-hydrogen) atoms. The van der Waals surface area contributed by atoms with Gasteiger partial charge >= 0.3 is 0 Å². The summed E-state index contributed by atoms with van der Waals surface area (Å²) in [6.45, 7) is 0. The van der Waals surface area contributed by atoms with Crippen LogP contribution in [0.3, 0.4) is 0 Å². The van der Waals surface area contributed by atoms with E-state index in [4.69, 9.17) is 0 Å². The predicted molar refractivity (Wildman–Crippen MR) is 375 cm³/mol. The molecule has 0 aromatic heterocycles. The van der Waals surface area contributed by atoms with Crippen molar-refractivity contribution in [3.63, 3.8) is 0 Å². The summed E-state index contributed by atoms with van der Waals surface area (Å²) in [6.07, 6.45) is 0. The van der Waals surface area contributed by atoms with Crippen LogP contribution in [0.1, 0.15) is 22.3 Å². The van der Waals surface area contributed by atoms with Gasteiger partial charge in [0, 0.05) is 43.3 Å². The standard InChI is InChI=1S/4C20H15P.Pt/c4*1-4-10-18(11-5-1)16-17-21(19-12-6-2-7-13-19)20-14-8-3-9-15-20;/h4*1-15H;/p+4. The zero-order chi connectivity index (χ0) is 57.3. The van der Waals surface area contributed by atoms with Gasteiger partial charge < -0.3 is 0 Å². The van der Waals surface area contributed by atoms with Crippen molar-refractivity contribution in [3.05, 3.63) is 386 Å². The second-order valence-electron chi connectivity index (χ2n) is 18.9. The first-order valence-corrected chi connectivity index (χ1v) is 33.9. The third-order valence-corrected chi connectivity index (χ3v) is 21.7. The molecule has 0 radical (unpaired) electrons. The molecule has 410 valence electrons. The van der Waals surface area contributed by atoms with Gasteiger partial charge in [-0.05, 0) is 169 Å². The molecule has 12 aromatic rings. The van der Waals surface area contributed by atoms with E-state index in [-0.39, 0.29) is 21.1 Å². The maximum absolute atomic E-state index is 3.52. The Labute approximate surface area is 523 Å². The van der Waals surface area contributed by atoms with Crippen LogP contribution in [0.2, 0.25) is 0 Å². The van der Waals surface area contributed by atoms with Crippen LogP contribution in [0.25, 0.3) is 0 Å². The van der Waals surface area contributed by atoms with Gasteiger partial charge in [0.2, 0.25) is 0 Å². The van der Waals surface area contributed by atoms with Gasteiger partial charge in [0.05, 0.1) is 22.6 Å². The van der Waals surface area contributed by atoms with Crippen LogP contribution in [0.5, 0.6) is 0 Å². The summed E-state index contributed by atoms with van der Waals surface area (Å²) in [5.41, 5.74) is 18.4. The minimum Gasteiger partial charge on any atom is -0.0622 e. The van der Waals surface area contributed by atoms with E-state index < -0.39 is 31.7 Å². The summed E-state index contributed by atoms with van der Waals surface area (Å²) in [5.74, 6) is 13.3. The van der Waals surface area contributed by atoms with Crippen molar-refractivity contribution in [1.29, 1.82) is 0 Å². The molecule has 0 heterocycles. The molecule has 0 spiro atoms. The van der Waals surface area contributed by atoms with E-state index in [1.54, 1.807) is 0 Å². The van der Waals surface area contributed by atoms with Gasteiger partial charge in [0.15, 0.2) is 0 Å². The molecule has 0 saturated carbocycles. The largest absolute Gasteiger partial charge is 0.144 e. The van der Waals surface area contributed by atoms with E-state index in [0.717, 1.165) is 22.3 Å². The third-order valence-electron chi connectivity index (χ3n) is 12.9. The van der Waals surface area contributed by atoms with Crippen LogP contribution < -0.4 is 42.4 Å². The zero-order valence-corrected chi connectivity index (χ0v) is 53.2. The Hall–Kier alpha value is -8.71. The average molecular weight is 1340 g/mol. The van der Waals surface area contributed by atoms with E-state index >= 15 is 0 Å². The molecule has 0 aliphatic carbocycles. The minimum absolute atomic E-state index is 0. The zero-order valence-electron chi connectivity index (χ0n) is 47.0. The van der Waals surface area contributed by atoms with Crippen LogP contribution in [-0.4, -0.2) is 0 Å². The monoisotopic (exact) mass is 1340 g/mol. The van der Waals surface area contributed by atoms with Gasteiger partial charge in [0.25, 0.3) is 0 Å². The molecule has 0 nitrogen and oxygen atoms in total. The quantitative estimate of drug-likeness (QED) is 0.105. The van der Waals surface area contributed by atoms with Gasteiger partial charge in [-0.3, -0.25) is 0 Å². The van der Waals surface area contributed by atoms with E-state index in [1.165, 1.54) is 42.4 Å². The van der Waals surface area contributed by atoms with Gasteiger partial charge in [0.1, 0.15) is 74.1 Å². The molecule has 5 heteroatoms. The van der Waals surface area contributed by atoms with Crippen molar-refractivity contribution in [2.75, 3.05) is 0 Å². The Balaban J connectivity index is 0.000000147. The van der Waals surface area contributed by atoms with Crippen LogP contribution >= 0.6 is 31.7 Å².